The first-order valence-corrected chi connectivity index (χ1v) is 9.25. The minimum atomic E-state index is 0.161. The van der Waals surface area contributed by atoms with Crippen molar-refractivity contribution in [2.24, 2.45) is 11.3 Å². The van der Waals surface area contributed by atoms with Crippen molar-refractivity contribution >= 4 is 21.8 Å². The van der Waals surface area contributed by atoms with Gasteiger partial charge in [-0.05, 0) is 48.6 Å². The van der Waals surface area contributed by atoms with Crippen molar-refractivity contribution in [2.45, 2.75) is 44.9 Å². The van der Waals surface area contributed by atoms with Gasteiger partial charge in [0.2, 0.25) is 5.91 Å². The Morgan fingerprint density at radius 3 is 2.67 bits per heavy atom. The topological polar surface area (TPSA) is 29.1 Å². The monoisotopic (exact) mass is 349 g/mol. The summed E-state index contributed by atoms with van der Waals surface area (Å²) in [4.78, 5) is 12.5. The number of nitrogens with one attached hydrogen (secondary N) is 1. The molecule has 1 fully saturated rings. The highest BCUT2D eigenvalue weighted by molar-refractivity contribution is 9.09. The Labute approximate surface area is 135 Å². The summed E-state index contributed by atoms with van der Waals surface area (Å²) in [7, 11) is 0. The largest absolute Gasteiger partial charge is 0.355 e. The number of halogens is 1. The average Bonchev–Trinajstić information content (AvgIpc) is 3.01. The molecule has 0 bridgehead atoms. The Hall–Kier alpha value is -0.830. The van der Waals surface area contributed by atoms with Crippen molar-refractivity contribution in [1.82, 2.24) is 5.32 Å². The molecule has 0 radical (unpaired) electrons. The molecule has 0 saturated heterocycles. The van der Waals surface area contributed by atoms with Crippen LogP contribution >= 0.6 is 15.9 Å². The fourth-order valence-electron chi connectivity index (χ4n) is 3.82. The van der Waals surface area contributed by atoms with E-state index in [4.69, 9.17) is 0 Å². The summed E-state index contributed by atoms with van der Waals surface area (Å²) in [5.74, 6) is 0.422. The molecule has 21 heavy (non-hydrogen) atoms. The quantitative estimate of drug-likeness (QED) is 0.821. The smallest absolute Gasteiger partial charge is 0.223 e. The summed E-state index contributed by atoms with van der Waals surface area (Å²) in [5.41, 5.74) is 3.09. The second-order valence-corrected chi connectivity index (χ2v) is 7.33. The minimum absolute atomic E-state index is 0.161. The predicted molar refractivity (Wildman–Crippen MR) is 89.7 cm³/mol. The van der Waals surface area contributed by atoms with Gasteiger partial charge in [-0.15, -0.1) is 0 Å². The van der Waals surface area contributed by atoms with E-state index in [2.05, 4.69) is 45.5 Å². The van der Waals surface area contributed by atoms with E-state index in [0.29, 0.717) is 5.41 Å². The maximum absolute atomic E-state index is 12.5. The number of fused-ring (bicyclic) bond motifs is 1. The van der Waals surface area contributed by atoms with Gasteiger partial charge in [0.25, 0.3) is 0 Å². The van der Waals surface area contributed by atoms with Gasteiger partial charge >= 0.3 is 0 Å². The minimum Gasteiger partial charge on any atom is -0.355 e. The highest BCUT2D eigenvalue weighted by atomic mass is 79.9. The van der Waals surface area contributed by atoms with Crippen molar-refractivity contribution < 1.29 is 4.79 Å². The summed E-state index contributed by atoms with van der Waals surface area (Å²) in [6, 6.07) is 8.55. The van der Waals surface area contributed by atoms with Gasteiger partial charge in [0.05, 0.1) is 0 Å². The molecule has 0 heterocycles. The Kier molecular flexibility index (Phi) is 4.68. The fourth-order valence-corrected chi connectivity index (χ4v) is 4.58. The first-order valence-electron chi connectivity index (χ1n) is 8.13. The number of amides is 1. The second kappa shape index (κ2) is 6.51. The Bertz CT molecular complexity index is 508. The van der Waals surface area contributed by atoms with Crippen LogP contribution in [0.2, 0.25) is 0 Å². The first-order chi connectivity index (χ1) is 10.2. The summed E-state index contributed by atoms with van der Waals surface area (Å²) in [6.07, 6.45) is 8.03. The molecular weight excluding hydrogens is 326 g/mol. The molecule has 1 amide bonds. The summed E-state index contributed by atoms with van der Waals surface area (Å²) in [6.45, 7) is 0.842. The van der Waals surface area contributed by atoms with Crippen molar-refractivity contribution in [2.75, 3.05) is 11.9 Å². The summed E-state index contributed by atoms with van der Waals surface area (Å²) in [5, 5.41) is 4.26. The molecule has 3 heteroatoms. The Balaban J connectivity index is 1.57. The SMILES string of the molecule is O=C(NCC1(CBr)CCCC1)C1CCc2ccccc2C1. The number of rotatable bonds is 4. The molecule has 0 aromatic heterocycles. The third kappa shape index (κ3) is 3.33. The van der Waals surface area contributed by atoms with Gasteiger partial charge in [0, 0.05) is 17.8 Å². The lowest BCUT2D eigenvalue weighted by molar-refractivity contribution is -0.125. The third-order valence-electron chi connectivity index (χ3n) is 5.30. The normalized spacial score (nSPS) is 23.6. The highest BCUT2D eigenvalue weighted by Gasteiger charge is 2.34. The van der Waals surface area contributed by atoms with E-state index < -0.39 is 0 Å². The van der Waals surface area contributed by atoms with Crippen molar-refractivity contribution in [3.8, 4) is 0 Å². The molecule has 0 aliphatic heterocycles. The van der Waals surface area contributed by atoms with Crippen LogP contribution in [0.4, 0.5) is 0 Å². The number of carbonyl (C=O) groups excluding carboxylic acids is 1. The number of hydrogen-bond donors (Lipinski definition) is 1. The number of hydrogen-bond acceptors (Lipinski definition) is 1. The van der Waals surface area contributed by atoms with Gasteiger partial charge in [-0.1, -0.05) is 53.0 Å². The predicted octanol–water partition coefficient (Wildman–Crippen LogP) is 3.86. The van der Waals surface area contributed by atoms with E-state index in [1.165, 1.54) is 36.8 Å². The van der Waals surface area contributed by atoms with E-state index in [1.54, 1.807) is 0 Å². The van der Waals surface area contributed by atoms with E-state index in [1.807, 2.05) is 0 Å². The molecular formula is C18H24BrNO. The van der Waals surface area contributed by atoms with E-state index >= 15 is 0 Å². The lowest BCUT2D eigenvalue weighted by Gasteiger charge is -2.29. The van der Waals surface area contributed by atoms with E-state index in [0.717, 1.165) is 31.1 Å². The molecule has 2 aliphatic carbocycles. The number of alkyl halides is 1. The number of aryl methyl sites for hydroxylation is 1. The van der Waals surface area contributed by atoms with Gasteiger partial charge in [-0.2, -0.15) is 0 Å². The van der Waals surface area contributed by atoms with E-state index in [9.17, 15) is 4.79 Å². The average molecular weight is 350 g/mol. The number of carbonyl (C=O) groups is 1. The van der Waals surface area contributed by atoms with Gasteiger partial charge in [0.15, 0.2) is 0 Å². The van der Waals surface area contributed by atoms with E-state index in [-0.39, 0.29) is 11.8 Å². The van der Waals surface area contributed by atoms with Crippen molar-refractivity contribution in [1.29, 1.82) is 0 Å². The van der Waals surface area contributed by atoms with Gasteiger partial charge in [-0.3, -0.25) is 4.79 Å². The lowest BCUT2D eigenvalue weighted by Crippen LogP contribution is -2.41. The molecule has 1 aromatic rings. The first kappa shape index (κ1) is 15.1. The third-order valence-corrected chi connectivity index (χ3v) is 6.49. The van der Waals surface area contributed by atoms with Crippen LogP contribution in [0, 0.1) is 11.3 Å². The molecule has 1 unspecified atom stereocenters. The molecule has 1 N–H and O–H groups in total. The van der Waals surface area contributed by atoms with Crippen LogP contribution < -0.4 is 5.32 Å². The molecule has 1 atom stereocenters. The molecule has 1 saturated carbocycles. The maximum atomic E-state index is 12.5. The maximum Gasteiger partial charge on any atom is 0.223 e. The standard InChI is InChI=1S/C18H24BrNO/c19-12-18(9-3-4-10-18)13-20-17(21)16-8-7-14-5-1-2-6-15(14)11-16/h1-2,5-6,16H,3-4,7-13H2,(H,20,21). The van der Waals surface area contributed by atoms with Crippen LogP contribution in [0.1, 0.15) is 43.2 Å². The zero-order chi connectivity index (χ0) is 14.7. The molecule has 1 aromatic carbocycles. The zero-order valence-electron chi connectivity index (χ0n) is 12.5. The van der Waals surface area contributed by atoms with Crippen LogP contribution in [0.15, 0.2) is 24.3 Å². The van der Waals surface area contributed by atoms with Crippen LogP contribution in [0.3, 0.4) is 0 Å². The van der Waals surface area contributed by atoms with Crippen LogP contribution in [-0.2, 0) is 17.6 Å². The van der Waals surface area contributed by atoms with Gasteiger partial charge in [-0.25, -0.2) is 0 Å². The summed E-state index contributed by atoms with van der Waals surface area (Å²) < 4.78 is 0. The Morgan fingerprint density at radius 2 is 1.95 bits per heavy atom. The second-order valence-electron chi connectivity index (χ2n) is 6.77. The molecule has 114 valence electrons. The Morgan fingerprint density at radius 1 is 1.24 bits per heavy atom. The molecule has 2 aliphatic rings. The van der Waals surface area contributed by atoms with Crippen molar-refractivity contribution in [3.05, 3.63) is 35.4 Å². The lowest BCUT2D eigenvalue weighted by atomic mass is 9.83. The number of benzene rings is 1. The molecule has 0 spiro atoms. The zero-order valence-corrected chi connectivity index (χ0v) is 14.1. The van der Waals surface area contributed by atoms with Crippen molar-refractivity contribution in [3.63, 3.8) is 0 Å². The van der Waals surface area contributed by atoms with Crippen LogP contribution in [0.25, 0.3) is 0 Å². The fraction of sp³-hybridized carbons (Fsp3) is 0.611. The summed E-state index contributed by atoms with van der Waals surface area (Å²) >= 11 is 3.65. The van der Waals surface area contributed by atoms with Gasteiger partial charge in [0.1, 0.15) is 0 Å². The highest BCUT2D eigenvalue weighted by Crippen LogP contribution is 2.39. The molecule has 2 nitrogen and oxygen atoms in total. The van der Waals surface area contributed by atoms with Crippen LogP contribution in [-0.4, -0.2) is 17.8 Å². The van der Waals surface area contributed by atoms with Crippen LogP contribution in [0.5, 0.6) is 0 Å². The molecule has 3 rings (SSSR count). The van der Waals surface area contributed by atoms with Gasteiger partial charge < -0.3 is 5.32 Å².